The molecule has 11 nitrogen and oxygen atoms in total. The third-order valence-electron chi connectivity index (χ3n) is 5.28. The van der Waals surface area contributed by atoms with Crippen LogP contribution in [0.2, 0.25) is 0 Å². The summed E-state index contributed by atoms with van der Waals surface area (Å²) in [4.78, 5) is 54.4. The maximum Gasteiger partial charge on any atom is 0.424 e. The van der Waals surface area contributed by atoms with Crippen LogP contribution in [0.1, 0.15) is 47.1 Å². The Labute approximate surface area is 251 Å². The maximum absolute atomic E-state index is 13.9. The van der Waals surface area contributed by atoms with Gasteiger partial charge in [-0.05, 0) is 72.7 Å². The second-order valence-electron chi connectivity index (χ2n) is 11.2. The summed E-state index contributed by atoms with van der Waals surface area (Å²) in [5, 5.41) is 0. The molecule has 2 aromatic carbocycles. The lowest BCUT2D eigenvalue weighted by Gasteiger charge is -2.32. The first-order valence-electron chi connectivity index (χ1n) is 13.0. The van der Waals surface area contributed by atoms with Crippen molar-refractivity contribution in [3.05, 3.63) is 60.2 Å². The number of carbonyl (C=O) groups excluding carboxylic acids is 4. The average Bonchev–Trinajstić information content (AvgIpc) is 2.87. The molecule has 0 spiro atoms. The molecule has 0 aliphatic heterocycles. The zero-order valence-corrected chi connectivity index (χ0v) is 26.7. The van der Waals surface area contributed by atoms with Gasteiger partial charge in [-0.1, -0.05) is 35.9 Å². The van der Waals surface area contributed by atoms with Gasteiger partial charge in [0, 0.05) is 10.6 Å². The molecule has 0 saturated carbocycles. The van der Waals surface area contributed by atoms with Gasteiger partial charge in [-0.15, -0.1) is 11.8 Å². The molecule has 0 aromatic heterocycles. The number of sulfonamides is 1. The third-order valence-corrected chi connectivity index (χ3v) is 8.09. The van der Waals surface area contributed by atoms with E-state index in [1.165, 1.54) is 45.0 Å². The zero-order chi connectivity index (χ0) is 31.9. The predicted molar refractivity (Wildman–Crippen MR) is 157 cm³/mol. The van der Waals surface area contributed by atoms with E-state index in [-0.39, 0.29) is 15.0 Å². The maximum atomic E-state index is 13.9. The molecule has 13 heteroatoms. The topological polar surface area (TPSA) is 137 Å². The van der Waals surface area contributed by atoms with Crippen molar-refractivity contribution in [1.29, 1.82) is 0 Å². The van der Waals surface area contributed by atoms with Crippen molar-refractivity contribution in [1.82, 2.24) is 9.21 Å². The average molecular weight is 623 g/mol. The quantitative estimate of drug-likeness (QED) is 0.213. The fraction of sp³-hybridized carbons (Fsp3) is 0.448. The zero-order valence-electron chi connectivity index (χ0n) is 25.1. The summed E-state index contributed by atoms with van der Waals surface area (Å²) in [5.74, 6) is -2.28. The minimum absolute atomic E-state index is 0.140. The summed E-state index contributed by atoms with van der Waals surface area (Å²) in [6, 6.07) is 13.0. The molecule has 0 N–H and O–H groups in total. The molecule has 0 heterocycles. The summed E-state index contributed by atoms with van der Waals surface area (Å²) in [5.41, 5.74) is -1.43. The van der Waals surface area contributed by atoms with E-state index in [4.69, 9.17) is 14.2 Å². The van der Waals surface area contributed by atoms with E-state index in [9.17, 15) is 27.6 Å². The molecule has 0 radical (unpaired) electrons. The van der Waals surface area contributed by atoms with Gasteiger partial charge in [0.2, 0.25) is 0 Å². The number of esters is 1. The molecule has 3 amide bonds. The molecule has 0 fully saturated rings. The Hall–Kier alpha value is -3.58. The molecule has 230 valence electrons. The summed E-state index contributed by atoms with van der Waals surface area (Å²) in [6.45, 7) is 9.88. The normalized spacial score (nSPS) is 12.6. The Balaban J connectivity index is 2.59. The van der Waals surface area contributed by atoms with Crippen LogP contribution in [0.25, 0.3) is 0 Å². The summed E-state index contributed by atoms with van der Waals surface area (Å²) < 4.78 is 43.2. The van der Waals surface area contributed by atoms with E-state index in [1.54, 1.807) is 58.0 Å². The van der Waals surface area contributed by atoms with Crippen molar-refractivity contribution < 1.29 is 41.8 Å². The highest BCUT2D eigenvalue weighted by molar-refractivity contribution is 7.99. The highest BCUT2D eigenvalue weighted by Gasteiger charge is 2.42. The second-order valence-corrected chi connectivity index (χ2v) is 14.2. The molecule has 2 rings (SSSR count). The second kappa shape index (κ2) is 14.1. The van der Waals surface area contributed by atoms with Gasteiger partial charge in [0.1, 0.15) is 23.8 Å². The molecular formula is C29H38N2O9S2. The van der Waals surface area contributed by atoms with Crippen LogP contribution in [-0.2, 0) is 33.8 Å². The van der Waals surface area contributed by atoms with Crippen molar-refractivity contribution in [2.75, 3.05) is 19.4 Å². The molecule has 0 saturated heterocycles. The van der Waals surface area contributed by atoms with E-state index >= 15 is 0 Å². The van der Waals surface area contributed by atoms with E-state index < -0.39 is 57.9 Å². The highest BCUT2D eigenvalue weighted by Crippen LogP contribution is 2.24. The van der Waals surface area contributed by atoms with E-state index in [1.807, 2.05) is 0 Å². The van der Waals surface area contributed by atoms with Gasteiger partial charge in [0.15, 0.2) is 0 Å². The number of benzene rings is 2. The Bertz CT molecular complexity index is 1360. The van der Waals surface area contributed by atoms with Crippen LogP contribution in [0.4, 0.5) is 9.59 Å². The number of rotatable bonds is 9. The number of methoxy groups -OCH3 is 1. The fourth-order valence-electron chi connectivity index (χ4n) is 3.39. The minimum Gasteiger partial charge on any atom is -0.467 e. The Kier molecular flexibility index (Phi) is 11.6. The van der Waals surface area contributed by atoms with Crippen molar-refractivity contribution in [2.45, 2.75) is 75.5 Å². The molecule has 0 unspecified atom stereocenters. The van der Waals surface area contributed by atoms with Gasteiger partial charge in [0.25, 0.3) is 15.9 Å². The summed E-state index contributed by atoms with van der Waals surface area (Å²) in [6.07, 6.45) is -2.55. The summed E-state index contributed by atoms with van der Waals surface area (Å²) >= 11 is 1.16. The largest absolute Gasteiger partial charge is 0.467 e. The number of amides is 3. The molecule has 2 aromatic rings. The standard InChI is InChI=1S/C29H38N2O9S2/c1-20-14-16-22(17-15-20)42(36,37)30(26(34)39-28(2,3)4)18-24(32)31(27(35)40-29(5,6)7)23(25(33)38-8)19-41-21-12-10-9-11-13-21/h9-17,23H,18-19H2,1-8H3/t23-/m0/s1. The van der Waals surface area contributed by atoms with Crippen LogP contribution in [0.3, 0.4) is 0 Å². The van der Waals surface area contributed by atoms with E-state index in [0.29, 0.717) is 4.90 Å². The first-order chi connectivity index (χ1) is 19.4. The number of nitrogens with zero attached hydrogens (tertiary/aromatic N) is 2. The number of hydrogen-bond donors (Lipinski definition) is 0. The van der Waals surface area contributed by atoms with Crippen molar-refractivity contribution in [3.63, 3.8) is 0 Å². The van der Waals surface area contributed by atoms with Crippen molar-refractivity contribution >= 4 is 45.8 Å². The lowest BCUT2D eigenvalue weighted by Crippen LogP contribution is -2.56. The molecule has 0 bridgehead atoms. The minimum atomic E-state index is -4.65. The van der Waals surface area contributed by atoms with Crippen LogP contribution in [-0.4, -0.2) is 78.3 Å². The molecular weight excluding hydrogens is 584 g/mol. The van der Waals surface area contributed by atoms with E-state index in [2.05, 4.69) is 0 Å². The number of ether oxygens (including phenoxy) is 3. The fourth-order valence-corrected chi connectivity index (χ4v) is 5.62. The van der Waals surface area contributed by atoms with Crippen LogP contribution in [0, 0.1) is 6.92 Å². The number of hydrogen-bond acceptors (Lipinski definition) is 10. The van der Waals surface area contributed by atoms with Gasteiger partial charge in [-0.3, -0.25) is 4.79 Å². The Morgan fingerprint density at radius 2 is 1.36 bits per heavy atom. The number of imide groups is 1. The van der Waals surface area contributed by atoms with Crippen LogP contribution in [0.15, 0.2) is 64.4 Å². The molecule has 0 aliphatic rings. The smallest absolute Gasteiger partial charge is 0.424 e. The van der Waals surface area contributed by atoms with Crippen LogP contribution >= 0.6 is 11.8 Å². The first kappa shape index (κ1) is 34.6. The third kappa shape index (κ3) is 10.1. The lowest BCUT2D eigenvalue weighted by atomic mass is 10.2. The predicted octanol–water partition coefficient (Wildman–Crippen LogP) is 5.02. The number of carbonyl (C=O) groups is 4. The molecule has 1 atom stereocenters. The summed E-state index contributed by atoms with van der Waals surface area (Å²) in [7, 11) is -3.56. The van der Waals surface area contributed by atoms with Crippen LogP contribution < -0.4 is 0 Å². The Morgan fingerprint density at radius 1 is 0.833 bits per heavy atom. The van der Waals surface area contributed by atoms with Gasteiger partial charge in [-0.25, -0.2) is 27.7 Å². The first-order valence-corrected chi connectivity index (χ1v) is 15.4. The van der Waals surface area contributed by atoms with Gasteiger partial charge < -0.3 is 14.2 Å². The SMILES string of the molecule is COC(=O)[C@H](CSc1ccccc1)N(C(=O)CN(C(=O)OC(C)(C)C)S(=O)(=O)c1ccc(C)cc1)C(=O)OC(C)(C)C. The van der Waals surface area contributed by atoms with E-state index in [0.717, 1.165) is 29.3 Å². The van der Waals surface area contributed by atoms with Crippen molar-refractivity contribution in [3.8, 4) is 0 Å². The monoisotopic (exact) mass is 622 g/mol. The van der Waals surface area contributed by atoms with Gasteiger partial charge in [-0.2, -0.15) is 4.31 Å². The van der Waals surface area contributed by atoms with Gasteiger partial charge in [0.05, 0.1) is 12.0 Å². The van der Waals surface area contributed by atoms with Crippen molar-refractivity contribution in [2.24, 2.45) is 0 Å². The number of thioether (sulfide) groups is 1. The van der Waals surface area contributed by atoms with Crippen LogP contribution in [0.5, 0.6) is 0 Å². The Morgan fingerprint density at radius 3 is 1.86 bits per heavy atom. The number of aryl methyl sites for hydroxylation is 1. The highest BCUT2D eigenvalue weighted by atomic mass is 32.2. The molecule has 0 aliphatic carbocycles. The lowest BCUT2D eigenvalue weighted by molar-refractivity contribution is -0.151. The van der Waals surface area contributed by atoms with Gasteiger partial charge >= 0.3 is 18.2 Å². The molecule has 42 heavy (non-hydrogen) atoms.